The van der Waals surface area contributed by atoms with Crippen molar-refractivity contribution in [3.05, 3.63) is 28.2 Å². The summed E-state index contributed by atoms with van der Waals surface area (Å²) in [5, 5.41) is 12.3. The second-order valence-corrected chi connectivity index (χ2v) is 5.86. The molecule has 0 spiro atoms. The van der Waals surface area contributed by atoms with Crippen LogP contribution in [0.1, 0.15) is 25.8 Å². The first-order valence-corrected chi connectivity index (χ1v) is 6.69. The van der Waals surface area contributed by atoms with Crippen LogP contribution in [-0.2, 0) is 0 Å². The van der Waals surface area contributed by atoms with Crippen molar-refractivity contribution in [2.45, 2.75) is 30.4 Å². The third kappa shape index (κ3) is 3.42. The van der Waals surface area contributed by atoms with Gasteiger partial charge in [0.1, 0.15) is 0 Å². The number of hydrogen-bond acceptors (Lipinski definition) is 3. The average Bonchev–Trinajstić information content (AvgIpc) is 2.28. The molecule has 0 amide bonds. The lowest BCUT2D eigenvalue weighted by Crippen LogP contribution is -2.14. The molecule has 0 bridgehead atoms. The van der Waals surface area contributed by atoms with Crippen molar-refractivity contribution in [1.29, 1.82) is 0 Å². The average molecular weight is 303 g/mol. The Morgan fingerprint density at radius 2 is 2.31 bits per heavy atom. The van der Waals surface area contributed by atoms with Crippen LogP contribution >= 0.6 is 27.7 Å². The topological polar surface area (TPSA) is 58.6 Å². The lowest BCUT2D eigenvalue weighted by atomic mass is 10.2. The quantitative estimate of drug-likeness (QED) is 0.294. The van der Waals surface area contributed by atoms with Gasteiger partial charge in [0, 0.05) is 20.2 Å². The first-order valence-electron chi connectivity index (χ1n) is 5.02. The molecular weight excluding hydrogens is 288 g/mol. The number of nitrogens with zero attached hydrogens (tertiary/aromatic N) is 1. The first kappa shape index (κ1) is 13.4. The monoisotopic (exact) mass is 302 g/mol. The SMILES string of the molecule is CCC(C)Sc1cc(Br)ccc1/C(N)=N/O. The van der Waals surface area contributed by atoms with E-state index in [-0.39, 0.29) is 5.84 Å². The highest BCUT2D eigenvalue weighted by molar-refractivity contribution is 9.10. The molecule has 0 aliphatic rings. The molecule has 0 heterocycles. The number of amidine groups is 1. The fourth-order valence-electron chi connectivity index (χ4n) is 1.16. The second-order valence-electron chi connectivity index (χ2n) is 3.46. The second kappa shape index (κ2) is 6.15. The number of oxime groups is 1. The van der Waals surface area contributed by atoms with Gasteiger partial charge >= 0.3 is 0 Å². The van der Waals surface area contributed by atoms with Crippen LogP contribution in [0.3, 0.4) is 0 Å². The van der Waals surface area contributed by atoms with Gasteiger partial charge in [-0.05, 0) is 24.6 Å². The van der Waals surface area contributed by atoms with Crippen LogP contribution in [0.2, 0.25) is 0 Å². The molecule has 0 aliphatic carbocycles. The van der Waals surface area contributed by atoms with Crippen LogP contribution in [0.4, 0.5) is 0 Å². The molecule has 5 heteroatoms. The number of rotatable bonds is 4. The molecule has 3 N–H and O–H groups in total. The zero-order valence-electron chi connectivity index (χ0n) is 9.27. The minimum absolute atomic E-state index is 0.151. The molecule has 16 heavy (non-hydrogen) atoms. The highest BCUT2D eigenvalue weighted by atomic mass is 79.9. The Kier molecular flexibility index (Phi) is 5.15. The van der Waals surface area contributed by atoms with Crippen molar-refractivity contribution in [3.63, 3.8) is 0 Å². The molecule has 0 saturated carbocycles. The minimum atomic E-state index is 0.151. The largest absolute Gasteiger partial charge is 0.409 e. The molecule has 0 aromatic heterocycles. The highest BCUT2D eigenvalue weighted by Crippen LogP contribution is 2.30. The van der Waals surface area contributed by atoms with Crippen molar-refractivity contribution in [3.8, 4) is 0 Å². The van der Waals surface area contributed by atoms with E-state index >= 15 is 0 Å². The van der Waals surface area contributed by atoms with E-state index in [4.69, 9.17) is 10.9 Å². The van der Waals surface area contributed by atoms with Crippen molar-refractivity contribution in [2.24, 2.45) is 10.9 Å². The maximum Gasteiger partial charge on any atom is 0.171 e. The van der Waals surface area contributed by atoms with Crippen LogP contribution in [0.5, 0.6) is 0 Å². The number of halogens is 1. The van der Waals surface area contributed by atoms with Gasteiger partial charge in [0.05, 0.1) is 0 Å². The molecule has 0 saturated heterocycles. The lowest BCUT2D eigenvalue weighted by molar-refractivity contribution is 0.318. The molecule has 88 valence electrons. The smallest absolute Gasteiger partial charge is 0.171 e. The number of hydrogen-bond donors (Lipinski definition) is 2. The third-order valence-electron chi connectivity index (χ3n) is 2.23. The van der Waals surface area contributed by atoms with Gasteiger partial charge in [-0.25, -0.2) is 0 Å². The van der Waals surface area contributed by atoms with Crippen molar-refractivity contribution < 1.29 is 5.21 Å². The lowest BCUT2D eigenvalue weighted by Gasteiger charge is -2.12. The molecule has 0 aliphatic heterocycles. The van der Waals surface area contributed by atoms with E-state index in [1.165, 1.54) is 0 Å². The van der Waals surface area contributed by atoms with E-state index in [1.807, 2.05) is 18.2 Å². The Morgan fingerprint density at radius 3 is 2.88 bits per heavy atom. The fourth-order valence-corrected chi connectivity index (χ4v) is 2.77. The highest BCUT2D eigenvalue weighted by Gasteiger charge is 2.11. The van der Waals surface area contributed by atoms with Crippen molar-refractivity contribution in [1.82, 2.24) is 0 Å². The molecule has 1 atom stereocenters. The van der Waals surface area contributed by atoms with Crippen LogP contribution in [-0.4, -0.2) is 16.3 Å². The maximum atomic E-state index is 8.72. The third-order valence-corrected chi connectivity index (χ3v) is 4.05. The summed E-state index contributed by atoms with van der Waals surface area (Å²) in [6.45, 7) is 4.29. The van der Waals surface area contributed by atoms with E-state index in [0.29, 0.717) is 5.25 Å². The van der Waals surface area contributed by atoms with Gasteiger partial charge in [-0.1, -0.05) is 34.9 Å². The van der Waals surface area contributed by atoms with Gasteiger partial charge in [-0.3, -0.25) is 0 Å². The zero-order valence-corrected chi connectivity index (χ0v) is 11.7. The Morgan fingerprint density at radius 1 is 1.62 bits per heavy atom. The number of benzene rings is 1. The predicted octanol–water partition coefficient (Wildman–Crippen LogP) is 3.43. The first-order chi connectivity index (χ1) is 7.58. The summed E-state index contributed by atoms with van der Waals surface area (Å²) in [5.74, 6) is 0.151. The normalized spacial score (nSPS) is 13.8. The van der Waals surface area contributed by atoms with E-state index < -0.39 is 0 Å². The molecule has 0 radical (unpaired) electrons. The van der Waals surface area contributed by atoms with Gasteiger partial charge in [0.15, 0.2) is 5.84 Å². The molecular formula is C11H15BrN2OS. The predicted molar refractivity (Wildman–Crippen MR) is 72.3 cm³/mol. The number of thioether (sulfide) groups is 1. The van der Waals surface area contributed by atoms with Gasteiger partial charge in [-0.15, -0.1) is 11.8 Å². The van der Waals surface area contributed by atoms with E-state index in [2.05, 4.69) is 34.9 Å². The maximum absolute atomic E-state index is 8.72. The van der Waals surface area contributed by atoms with E-state index in [9.17, 15) is 0 Å². The Hall–Kier alpha value is -0.680. The molecule has 1 rings (SSSR count). The van der Waals surface area contributed by atoms with Crippen LogP contribution in [0.25, 0.3) is 0 Å². The Labute approximate surface area is 108 Å². The standard InChI is InChI=1S/C11H15BrN2OS/c1-3-7(2)16-10-6-8(12)4-5-9(10)11(13)14-15/h4-7,15H,3H2,1-2H3,(H2,13,14). The van der Waals surface area contributed by atoms with Gasteiger partial charge in [0.25, 0.3) is 0 Å². The van der Waals surface area contributed by atoms with Crippen LogP contribution in [0.15, 0.2) is 32.7 Å². The Balaban J connectivity index is 3.08. The zero-order chi connectivity index (χ0) is 12.1. The van der Waals surface area contributed by atoms with Gasteiger partial charge in [0.2, 0.25) is 0 Å². The van der Waals surface area contributed by atoms with Crippen molar-refractivity contribution in [2.75, 3.05) is 0 Å². The molecule has 3 nitrogen and oxygen atoms in total. The Bertz CT molecular complexity index is 396. The minimum Gasteiger partial charge on any atom is -0.409 e. The summed E-state index contributed by atoms with van der Waals surface area (Å²) in [4.78, 5) is 1.03. The summed E-state index contributed by atoms with van der Waals surface area (Å²) in [6, 6.07) is 5.72. The van der Waals surface area contributed by atoms with Crippen LogP contribution < -0.4 is 5.73 Å². The summed E-state index contributed by atoms with van der Waals surface area (Å²) in [6.07, 6.45) is 1.08. The summed E-state index contributed by atoms with van der Waals surface area (Å²) >= 11 is 5.15. The molecule has 1 aromatic carbocycles. The molecule has 1 aromatic rings. The molecule has 0 fully saturated rings. The number of nitrogens with two attached hydrogens (primary N) is 1. The van der Waals surface area contributed by atoms with Gasteiger partial charge in [-0.2, -0.15) is 0 Å². The molecule has 1 unspecified atom stereocenters. The summed E-state index contributed by atoms with van der Waals surface area (Å²) in [5.41, 5.74) is 6.41. The van der Waals surface area contributed by atoms with E-state index in [0.717, 1.165) is 21.4 Å². The van der Waals surface area contributed by atoms with E-state index in [1.54, 1.807) is 11.8 Å². The summed E-state index contributed by atoms with van der Waals surface area (Å²) < 4.78 is 0.993. The van der Waals surface area contributed by atoms with Crippen LogP contribution in [0, 0.1) is 0 Å². The van der Waals surface area contributed by atoms with Gasteiger partial charge < -0.3 is 10.9 Å². The van der Waals surface area contributed by atoms with Crippen molar-refractivity contribution >= 4 is 33.5 Å². The summed E-state index contributed by atoms with van der Waals surface area (Å²) in [7, 11) is 0. The fraction of sp³-hybridized carbons (Fsp3) is 0.364.